The van der Waals surface area contributed by atoms with Crippen molar-refractivity contribution in [1.29, 1.82) is 0 Å². The average Bonchev–Trinajstić information content (AvgIpc) is 3.55. The Morgan fingerprint density at radius 2 is 1.93 bits per heavy atom. The molecule has 4 heterocycles. The van der Waals surface area contributed by atoms with Gasteiger partial charge in [0.1, 0.15) is 11.5 Å². The molecule has 0 saturated carbocycles. The standard InChI is InChI=1S/C31H25N5O4S2/c1-18-14-15-32-30(33-18)42-25-13-12-23(40-25)17-24-29(38)36-27(20-8-7-11-22(16-20)39-3)26(19(2)34-31(36)41-24)28(37)35-21-9-5-4-6-10-21/h4-17,27H,1-3H3,(H,35,37)/b24-17+/t27-/m1/s1. The van der Waals surface area contributed by atoms with E-state index in [9.17, 15) is 9.59 Å². The zero-order chi connectivity index (χ0) is 29.2. The quantitative estimate of drug-likeness (QED) is 0.271. The summed E-state index contributed by atoms with van der Waals surface area (Å²) in [6.07, 6.45) is 3.39. The van der Waals surface area contributed by atoms with Crippen molar-refractivity contribution in [3.05, 3.63) is 127 Å². The van der Waals surface area contributed by atoms with Gasteiger partial charge in [0.15, 0.2) is 15.1 Å². The topological polar surface area (TPSA) is 112 Å². The summed E-state index contributed by atoms with van der Waals surface area (Å²) in [5.74, 6) is 0.784. The average molecular weight is 596 g/mol. The van der Waals surface area contributed by atoms with Gasteiger partial charge in [-0.3, -0.25) is 14.2 Å². The van der Waals surface area contributed by atoms with Crippen LogP contribution in [0.3, 0.4) is 0 Å². The van der Waals surface area contributed by atoms with Crippen molar-refractivity contribution >= 4 is 40.8 Å². The second kappa shape index (κ2) is 11.6. The summed E-state index contributed by atoms with van der Waals surface area (Å²) >= 11 is 2.54. The number of nitrogens with one attached hydrogen (secondary N) is 1. The van der Waals surface area contributed by atoms with Crippen LogP contribution in [0, 0.1) is 6.92 Å². The van der Waals surface area contributed by atoms with E-state index >= 15 is 0 Å². The second-order valence-electron chi connectivity index (χ2n) is 9.42. The lowest BCUT2D eigenvalue weighted by Crippen LogP contribution is -2.40. The number of nitrogens with zero attached hydrogens (tertiary/aromatic N) is 4. The SMILES string of the molecule is COc1cccc([C@@H]2C(C(=O)Nc3ccccc3)=C(C)N=c3s/c(=C/c4ccc(Sc5nccc(C)n5)o4)c(=O)n32)c1. The Kier molecular flexibility index (Phi) is 7.60. The van der Waals surface area contributed by atoms with Crippen LogP contribution in [0.15, 0.2) is 115 Å². The summed E-state index contributed by atoms with van der Waals surface area (Å²) < 4.78 is 13.4. The molecular weight excluding hydrogens is 571 g/mol. The van der Waals surface area contributed by atoms with Crippen LogP contribution in [0.1, 0.15) is 30.0 Å². The number of allylic oxidation sites excluding steroid dienone is 1. The molecule has 1 amide bonds. The van der Waals surface area contributed by atoms with Gasteiger partial charge in [-0.05, 0) is 73.6 Å². The second-order valence-corrected chi connectivity index (χ2v) is 11.4. The number of methoxy groups -OCH3 is 1. The van der Waals surface area contributed by atoms with Gasteiger partial charge in [-0.15, -0.1) is 0 Å². The van der Waals surface area contributed by atoms with E-state index in [2.05, 4.69) is 15.3 Å². The van der Waals surface area contributed by atoms with Gasteiger partial charge in [0.05, 0.1) is 29.0 Å². The Bertz CT molecular complexity index is 2010. The van der Waals surface area contributed by atoms with Crippen LogP contribution in [-0.4, -0.2) is 27.6 Å². The maximum atomic E-state index is 14.0. The van der Waals surface area contributed by atoms with Gasteiger partial charge < -0.3 is 14.5 Å². The highest BCUT2D eigenvalue weighted by atomic mass is 32.2. The maximum Gasteiger partial charge on any atom is 0.271 e. The van der Waals surface area contributed by atoms with Gasteiger partial charge in [-0.1, -0.05) is 41.7 Å². The van der Waals surface area contributed by atoms with E-state index in [1.807, 2.05) is 73.7 Å². The Labute approximate surface area is 249 Å². The summed E-state index contributed by atoms with van der Waals surface area (Å²) in [5.41, 5.74) is 2.85. The number of fused-ring (bicyclic) bond motifs is 1. The van der Waals surface area contributed by atoms with E-state index in [-0.39, 0.29) is 11.5 Å². The molecule has 1 aliphatic heterocycles. The van der Waals surface area contributed by atoms with Gasteiger partial charge >= 0.3 is 0 Å². The zero-order valence-corrected chi connectivity index (χ0v) is 24.5. The van der Waals surface area contributed by atoms with E-state index in [1.165, 1.54) is 23.1 Å². The number of ether oxygens (including phenoxy) is 1. The van der Waals surface area contributed by atoms with Gasteiger partial charge in [-0.25, -0.2) is 15.0 Å². The van der Waals surface area contributed by atoms with Crippen molar-refractivity contribution in [1.82, 2.24) is 14.5 Å². The zero-order valence-electron chi connectivity index (χ0n) is 22.9. The molecule has 0 unspecified atom stereocenters. The van der Waals surface area contributed by atoms with Gasteiger partial charge in [0.2, 0.25) is 0 Å². The summed E-state index contributed by atoms with van der Waals surface area (Å²) in [4.78, 5) is 41.5. The number of furan rings is 1. The molecule has 0 spiro atoms. The Balaban J connectivity index is 1.42. The van der Waals surface area contributed by atoms with Crippen LogP contribution in [0.25, 0.3) is 6.08 Å². The van der Waals surface area contributed by atoms with Crippen LogP contribution < -0.4 is 24.9 Å². The van der Waals surface area contributed by atoms with Gasteiger partial charge in [0, 0.05) is 23.7 Å². The van der Waals surface area contributed by atoms with Crippen molar-refractivity contribution in [3.8, 4) is 5.75 Å². The number of thiazole rings is 1. The monoisotopic (exact) mass is 595 g/mol. The number of anilines is 1. The van der Waals surface area contributed by atoms with E-state index < -0.39 is 6.04 Å². The third-order valence-electron chi connectivity index (χ3n) is 6.55. The molecule has 0 radical (unpaired) electrons. The minimum Gasteiger partial charge on any atom is -0.497 e. The largest absolute Gasteiger partial charge is 0.497 e. The van der Waals surface area contributed by atoms with Crippen LogP contribution in [-0.2, 0) is 4.79 Å². The molecule has 0 saturated heterocycles. The number of benzene rings is 2. The van der Waals surface area contributed by atoms with E-state index in [0.717, 1.165) is 11.3 Å². The fourth-order valence-corrected chi connectivity index (χ4v) is 6.40. The number of aromatic nitrogens is 3. The highest BCUT2D eigenvalue weighted by molar-refractivity contribution is 7.99. The van der Waals surface area contributed by atoms with Crippen LogP contribution >= 0.6 is 23.1 Å². The molecule has 6 rings (SSSR count). The number of rotatable bonds is 7. The Morgan fingerprint density at radius 1 is 1.10 bits per heavy atom. The third kappa shape index (κ3) is 5.56. The summed E-state index contributed by atoms with van der Waals surface area (Å²) in [6.45, 7) is 3.68. The Hall–Kier alpha value is -4.74. The van der Waals surface area contributed by atoms with E-state index in [4.69, 9.17) is 14.1 Å². The van der Waals surface area contributed by atoms with Gasteiger partial charge in [-0.2, -0.15) is 0 Å². The lowest BCUT2D eigenvalue weighted by atomic mass is 9.95. The van der Waals surface area contributed by atoms with Crippen molar-refractivity contribution in [2.45, 2.75) is 30.1 Å². The van der Waals surface area contributed by atoms with Crippen LogP contribution in [0.5, 0.6) is 5.75 Å². The van der Waals surface area contributed by atoms with E-state index in [1.54, 1.807) is 36.9 Å². The van der Waals surface area contributed by atoms with Crippen molar-refractivity contribution < 1.29 is 13.9 Å². The first-order chi connectivity index (χ1) is 20.4. The molecule has 1 N–H and O–H groups in total. The Morgan fingerprint density at radius 3 is 2.71 bits per heavy atom. The molecule has 0 fully saturated rings. The summed E-state index contributed by atoms with van der Waals surface area (Å²) in [5, 5.41) is 4.13. The number of carbonyl (C=O) groups is 1. The molecule has 210 valence electrons. The first-order valence-corrected chi connectivity index (χ1v) is 14.6. The molecule has 42 heavy (non-hydrogen) atoms. The molecule has 0 bridgehead atoms. The minimum absolute atomic E-state index is 0.281. The molecule has 0 aliphatic carbocycles. The minimum atomic E-state index is -0.719. The highest BCUT2D eigenvalue weighted by Crippen LogP contribution is 2.32. The summed E-state index contributed by atoms with van der Waals surface area (Å²) in [6, 6.07) is 21.3. The molecule has 11 heteroatoms. The lowest BCUT2D eigenvalue weighted by Gasteiger charge is -2.25. The predicted octanol–water partition coefficient (Wildman–Crippen LogP) is 4.73. The molecule has 5 aromatic rings. The number of hydrogen-bond acceptors (Lipinski definition) is 9. The molecule has 1 aliphatic rings. The summed E-state index contributed by atoms with van der Waals surface area (Å²) in [7, 11) is 1.58. The van der Waals surface area contributed by atoms with Crippen molar-refractivity contribution in [2.24, 2.45) is 4.99 Å². The fourth-order valence-electron chi connectivity index (χ4n) is 4.62. The third-order valence-corrected chi connectivity index (χ3v) is 8.33. The molecule has 1 atom stereocenters. The highest BCUT2D eigenvalue weighted by Gasteiger charge is 2.32. The maximum absolute atomic E-state index is 14.0. The number of hydrogen-bond donors (Lipinski definition) is 1. The smallest absolute Gasteiger partial charge is 0.271 e. The normalized spacial score (nSPS) is 14.8. The van der Waals surface area contributed by atoms with E-state index in [0.29, 0.717) is 48.0 Å². The first kappa shape index (κ1) is 27.4. The molecular formula is C31H25N5O4S2. The van der Waals surface area contributed by atoms with Crippen LogP contribution in [0.2, 0.25) is 0 Å². The van der Waals surface area contributed by atoms with Crippen molar-refractivity contribution in [2.75, 3.05) is 12.4 Å². The predicted molar refractivity (Wildman–Crippen MR) is 161 cm³/mol. The number of amides is 1. The van der Waals surface area contributed by atoms with Crippen LogP contribution in [0.4, 0.5) is 5.69 Å². The fraction of sp³-hybridized carbons (Fsp3) is 0.129. The number of carbonyl (C=O) groups excluding carboxylic acids is 1. The van der Waals surface area contributed by atoms with Crippen molar-refractivity contribution in [3.63, 3.8) is 0 Å². The lowest BCUT2D eigenvalue weighted by molar-refractivity contribution is -0.113. The molecule has 9 nitrogen and oxygen atoms in total. The number of para-hydroxylation sites is 1. The van der Waals surface area contributed by atoms with Gasteiger partial charge in [0.25, 0.3) is 11.5 Å². The molecule has 3 aromatic heterocycles. The number of aryl methyl sites for hydroxylation is 1. The molecule has 2 aromatic carbocycles. The first-order valence-electron chi connectivity index (χ1n) is 13.0.